The van der Waals surface area contributed by atoms with Crippen LogP contribution in [0.1, 0.15) is 42.7 Å². The number of aromatic nitrogens is 3. The van der Waals surface area contributed by atoms with Gasteiger partial charge in [-0.2, -0.15) is 0 Å². The lowest BCUT2D eigenvalue weighted by Crippen LogP contribution is -2.39. The van der Waals surface area contributed by atoms with Gasteiger partial charge in [0.2, 0.25) is 5.91 Å². The van der Waals surface area contributed by atoms with Crippen molar-refractivity contribution >= 4 is 11.8 Å². The van der Waals surface area contributed by atoms with Crippen molar-refractivity contribution in [1.82, 2.24) is 25.2 Å². The molecule has 1 aliphatic heterocycles. The normalized spacial score (nSPS) is 18.2. The highest BCUT2D eigenvalue weighted by Crippen LogP contribution is 2.33. The Morgan fingerprint density at radius 2 is 2.00 bits per heavy atom. The van der Waals surface area contributed by atoms with Gasteiger partial charge in [-0.15, -0.1) is 5.10 Å². The van der Waals surface area contributed by atoms with Crippen molar-refractivity contribution in [2.75, 3.05) is 6.54 Å². The molecule has 0 bridgehead atoms. The summed E-state index contributed by atoms with van der Waals surface area (Å²) in [7, 11) is 0. The molecular weight excluding hydrogens is 380 g/mol. The molecule has 2 amide bonds. The van der Waals surface area contributed by atoms with E-state index in [1.54, 1.807) is 0 Å². The lowest BCUT2D eigenvalue weighted by Gasteiger charge is -2.24. The summed E-state index contributed by atoms with van der Waals surface area (Å²) in [6.07, 6.45) is 1.21. The Morgan fingerprint density at radius 3 is 2.69 bits per heavy atom. The Kier molecular flexibility index (Phi) is 6.24. The Balaban J connectivity index is 1.62. The lowest BCUT2D eigenvalue weighted by atomic mass is 10.1. The molecule has 3 rings (SSSR count). The van der Waals surface area contributed by atoms with E-state index in [0.29, 0.717) is 6.54 Å². The third-order valence-corrected chi connectivity index (χ3v) is 4.74. The maximum Gasteiger partial charge on any atom is 0.273 e. The molecule has 0 saturated carbocycles. The highest BCUT2D eigenvalue weighted by atomic mass is 19.3. The van der Waals surface area contributed by atoms with Crippen molar-refractivity contribution in [3.63, 3.8) is 0 Å². The minimum absolute atomic E-state index is 0.0678. The molecule has 1 atom stereocenters. The van der Waals surface area contributed by atoms with E-state index < -0.39 is 30.8 Å². The van der Waals surface area contributed by atoms with E-state index >= 15 is 0 Å². The molecule has 1 aromatic carbocycles. The van der Waals surface area contributed by atoms with Crippen LogP contribution in [0.25, 0.3) is 0 Å². The van der Waals surface area contributed by atoms with E-state index in [0.717, 1.165) is 5.56 Å². The number of alkyl halides is 2. The van der Waals surface area contributed by atoms with Gasteiger partial charge in [0.1, 0.15) is 0 Å². The van der Waals surface area contributed by atoms with Crippen LogP contribution in [0.15, 0.2) is 36.5 Å². The van der Waals surface area contributed by atoms with E-state index in [4.69, 9.17) is 0 Å². The molecule has 9 heteroatoms. The fraction of sp³-hybridized carbons (Fsp3) is 0.500. The predicted molar refractivity (Wildman–Crippen MR) is 102 cm³/mol. The summed E-state index contributed by atoms with van der Waals surface area (Å²) in [6.45, 7) is 3.58. The second-order valence-corrected chi connectivity index (χ2v) is 7.83. The smallest absolute Gasteiger partial charge is 0.273 e. The van der Waals surface area contributed by atoms with Crippen molar-refractivity contribution in [3.05, 3.63) is 47.8 Å². The zero-order valence-electron chi connectivity index (χ0n) is 16.5. The summed E-state index contributed by atoms with van der Waals surface area (Å²) in [4.78, 5) is 25.8. The highest BCUT2D eigenvalue weighted by molar-refractivity contribution is 5.91. The number of benzene rings is 1. The van der Waals surface area contributed by atoms with Crippen LogP contribution in [-0.4, -0.2) is 50.2 Å². The molecule has 1 N–H and O–H groups in total. The first-order valence-corrected chi connectivity index (χ1v) is 9.63. The monoisotopic (exact) mass is 405 g/mol. The molecule has 1 saturated heterocycles. The third-order valence-electron chi connectivity index (χ3n) is 4.74. The standard InChI is InChI=1S/C20H25F2N5O2/c1-14(2)8-18(28)27-13-20(21,22)9-16(27)11-26-12-17(24-25-26)19(29)23-10-15-6-4-3-5-7-15/h3-7,12,14,16H,8-11,13H2,1-2H3,(H,23,29)/t16-/m0/s1. The van der Waals surface area contributed by atoms with Crippen LogP contribution in [0.2, 0.25) is 0 Å². The molecule has 2 heterocycles. The molecule has 156 valence electrons. The van der Waals surface area contributed by atoms with Gasteiger partial charge in [-0.25, -0.2) is 13.5 Å². The molecular formula is C20H25F2N5O2. The minimum atomic E-state index is -2.92. The molecule has 1 aromatic heterocycles. The lowest BCUT2D eigenvalue weighted by molar-refractivity contribution is -0.134. The molecule has 2 aromatic rings. The topological polar surface area (TPSA) is 80.1 Å². The number of carbonyl (C=O) groups excluding carboxylic acids is 2. The average molecular weight is 405 g/mol. The summed E-state index contributed by atoms with van der Waals surface area (Å²) in [5.74, 6) is -3.52. The number of likely N-dealkylation sites (tertiary alicyclic amines) is 1. The average Bonchev–Trinajstić information content (AvgIpc) is 3.24. The van der Waals surface area contributed by atoms with E-state index in [-0.39, 0.29) is 30.5 Å². The fourth-order valence-corrected chi connectivity index (χ4v) is 3.40. The van der Waals surface area contributed by atoms with Gasteiger partial charge in [-0.3, -0.25) is 9.59 Å². The van der Waals surface area contributed by atoms with Gasteiger partial charge in [0, 0.05) is 19.4 Å². The number of nitrogens with one attached hydrogen (secondary N) is 1. The van der Waals surface area contributed by atoms with E-state index in [1.165, 1.54) is 15.8 Å². The van der Waals surface area contributed by atoms with Gasteiger partial charge in [-0.1, -0.05) is 49.4 Å². The largest absolute Gasteiger partial charge is 0.347 e. The van der Waals surface area contributed by atoms with Gasteiger partial charge >= 0.3 is 0 Å². The fourth-order valence-electron chi connectivity index (χ4n) is 3.40. The Hall–Kier alpha value is -2.84. The van der Waals surface area contributed by atoms with Gasteiger partial charge < -0.3 is 10.2 Å². The number of amides is 2. The molecule has 1 aliphatic rings. The van der Waals surface area contributed by atoms with E-state index in [9.17, 15) is 18.4 Å². The van der Waals surface area contributed by atoms with Gasteiger partial charge in [0.15, 0.2) is 5.69 Å². The zero-order chi connectivity index (χ0) is 21.0. The molecule has 0 aliphatic carbocycles. The van der Waals surface area contributed by atoms with Gasteiger partial charge in [0.25, 0.3) is 11.8 Å². The Bertz CT molecular complexity index is 854. The van der Waals surface area contributed by atoms with Crippen LogP contribution in [0.3, 0.4) is 0 Å². The SMILES string of the molecule is CC(C)CC(=O)N1CC(F)(F)C[C@H]1Cn1cc(C(=O)NCc2ccccc2)nn1. The second kappa shape index (κ2) is 8.67. The Morgan fingerprint density at radius 1 is 1.28 bits per heavy atom. The minimum Gasteiger partial charge on any atom is -0.347 e. The van der Waals surface area contributed by atoms with Gasteiger partial charge in [-0.05, 0) is 11.5 Å². The van der Waals surface area contributed by atoms with Crippen LogP contribution in [-0.2, 0) is 17.9 Å². The zero-order valence-corrected chi connectivity index (χ0v) is 16.5. The molecule has 29 heavy (non-hydrogen) atoms. The first-order chi connectivity index (χ1) is 13.7. The van der Waals surface area contributed by atoms with Gasteiger partial charge in [0.05, 0.1) is 25.3 Å². The van der Waals surface area contributed by atoms with E-state index in [2.05, 4.69) is 15.6 Å². The van der Waals surface area contributed by atoms with Crippen molar-refractivity contribution < 1.29 is 18.4 Å². The second-order valence-electron chi connectivity index (χ2n) is 7.83. The maximum absolute atomic E-state index is 13.9. The number of carbonyl (C=O) groups is 2. The summed E-state index contributed by atoms with van der Waals surface area (Å²) >= 11 is 0. The van der Waals surface area contributed by atoms with Crippen molar-refractivity contribution in [1.29, 1.82) is 0 Å². The predicted octanol–water partition coefficient (Wildman–Crippen LogP) is 2.49. The maximum atomic E-state index is 13.9. The quantitative estimate of drug-likeness (QED) is 0.768. The van der Waals surface area contributed by atoms with Crippen molar-refractivity contribution in [2.45, 2.75) is 51.7 Å². The van der Waals surface area contributed by atoms with Crippen molar-refractivity contribution in [2.24, 2.45) is 5.92 Å². The summed E-state index contributed by atoms with van der Waals surface area (Å²) in [5, 5.41) is 10.5. The number of nitrogens with zero attached hydrogens (tertiary/aromatic N) is 4. The van der Waals surface area contributed by atoms with Crippen LogP contribution in [0.5, 0.6) is 0 Å². The highest BCUT2D eigenvalue weighted by Gasteiger charge is 2.47. The van der Waals surface area contributed by atoms with Crippen molar-refractivity contribution in [3.8, 4) is 0 Å². The molecule has 0 spiro atoms. The first kappa shape index (κ1) is 20.9. The summed E-state index contributed by atoms with van der Waals surface area (Å²) in [6, 6.07) is 8.74. The first-order valence-electron chi connectivity index (χ1n) is 9.63. The van der Waals surface area contributed by atoms with Crippen LogP contribution < -0.4 is 5.32 Å². The van der Waals surface area contributed by atoms with Crippen LogP contribution in [0, 0.1) is 5.92 Å². The number of hydrogen-bond acceptors (Lipinski definition) is 4. The number of hydrogen-bond donors (Lipinski definition) is 1. The molecule has 0 unspecified atom stereocenters. The molecule has 0 radical (unpaired) electrons. The number of rotatable bonds is 7. The van der Waals surface area contributed by atoms with E-state index in [1.807, 2.05) is 44.2 Å². The summed E-state index contributed by atoms with van der Waals surface area (Å²) in [5.41, 5.74) is 1.05. The van der Waals surface area contributed by atoms with Crippen LogP contribution >= 0.6 is 0 Å². The molecule has 1 fully saturated rings. The summed E-state index contributed by atoms with van der Waals surface area (Å²) < 4.78 is 29.2. The Labute approximate surface area is 168 Å². The van der Waals surface area contributed by atoms with Crippen LogP contribution in [0.4, 0.5) is 8.78 Å². The third kappa shape index (κ3) is 5.58. The molecule has 7 nitrogen and oxygen atoms in total. The number of halogens is 2.